The third kappa shape index (κ3) is 3.34. The van der Waals surface area contributed by atoms with Gasteiger partial charge in [0, 0.05) is 25.7 Å². The number of hydrogen-bond donors (Lipinski definition) is 0. The lowest BCUT2D eigenvalue weighted by Gasteiger charge is -2.28. The summed E-state index contributed by atoms with van der Waals surface area (Å²) in [6.45, 7) is 7.88. The molecule has 2 aromatic carbocycles. The van der Waals surface area contributed by atoms with Gasteiger partial charge in [0.2, 0.25) is 0 Å². The number of hydrogen-bond acceptors (Lipinski definition) is 2. The first-order chi connectivity index (χ1) is 10.2. The molecule has 0 N–H and O–H groups in total. The van der Waals surface area contributed by atoms with Gasteiger partial charge in [0.15, 0.2) is 0 Å². The largest absolute Gasteiger partial charge is 0.282 e. The minimum atomic E-state index is 0.486. The van der Waals surface area contributed by atoms with Crippen molar-refractivity contribution in [1.29, 1.82) is 0 Å². The van der Waals surface area contributed by atoms with E-state index in [9.17, 15) is 0 Å². The van der Waals surface area contributed by atoms with Crippen molar-refractivity contribution in [1.82, 2.24) is 9.80 Å². The van der Waals surface area contributed by atoms with Gasteiger partial charge in [0.05, 0.1) is 6.17 Å². The van der Waals surface area contributed by atoms with Gasteiger partial charge in [-0.3, -0.25) is 9.80 Å². The first-order valence-corrected chi connectivity index (χ1v) is 7.81. The molecular formula is C19H24N2. The summed E-state index contributed by atoms with van der Waals surface area (Å²) in [6.07, 6.45) is 0.486. The van der Waals surface area contributed by atoms with Gasteiger partial charge in [-0.15, -0.1) is 0 Å². The highest BCUT2D eigenvalue weighted by Crippen LogP contribution is 2.24. The Hall–Kier alpha value is -1.64. The van der Waals surface area contributed by atoms with Crippen molar-refractivity contribution in [2.75, 3.05) is 6.54 Å². The first-order valence-electron chi connectivity index (χ1n) is 7.81. The van der Waals surface area contributed by atoms with Gasteiger partial charge in [-0.2, -0.15) is 0 Å². The summed E-state index contributed by atoms with van der Waals surface area (Å²) in [5.41, 5.74) is 2.80. The van der Waals surface area contributed by atoms with Crippen LogP contribution in [0.1, 0.15) is 25.0 Å². The maximum Gasteiger partial charge on any atom is 0.0603 e. The Bertz CT molecular complexity index is 552. The second kappa shape index (κ2) is 6.42. The van der Waals surface area contributed by atoms with Crippen LogP contribution in [0.2, 0.25) is 0 Å². The molecule has 2 nitrogen and oxygen atoms in total. The molecule has 1 heterocycles. The summed E-state index contributed by atoms with van der Waals surface area (Å²) < 4.78 is 0. The summed E-state index contributed by atoms with van der Waals surface area (Å²) in [4.78, 5) is 5.17. The quantitative estimate of drug-likeness (QED) is 0.842. The van der Waals surface area contributed by atoms with Crippen LogP contribution in [-0.4, -0.2) is 28.6 Å². The summed E-state index contributed by atoms with van der Waals surface area (Å²) in [5.74, 6) is 0. The Kier molecular flexibility index (Phi) is 4.37. The van der Waals surface area contributed by atoms with Crippen LogP contribution in [0, 0.1) is 0 Å². The molecule has 0 radical (unpaired) electrons. The molecule has 0 bridgehead atoms. The third-order valence-corrected chi connectivity index (χ3v) is 4.51. The normalized spacial score (nSPS) is 23.5. The van der Waals surface area contributed by atoms with E-state index in [1.807, 2.05) is 0 Å². The second-order valence-electron chi connectivity index (χ2n) is 6.05. The van der Waals surface area contributed by atoms with Gasteiger partial charge >= 0.3 is 0 Å². The molecule has 3 rings (SSSR count). The third-order valence-electron chi connectivity index (χ3n) is 4.51. The molecule has 0 spiro atoms. The Labute approximate surface area is 128 Å². The zero-order chi connectivity index (χ0) is 14.7. The minimum Gasteiger partial charge on any atom is -0.282 e. The minimum absolute atomic E-state index is 0.486. The van der Waals surface area contributed by atoms with Gasteiger partial charge in [0.25, 0.3) is 0 Å². The van der Waals surface area contributed by atoms with Crippen molar-refractivity contribution in [2.24, 2.45) is 0 Å². The SMILES string of the molecule is CC1CN(Cc2ccccc2)C(C)N1Cc1ccccc1. The molecule has 2 heteroatoms. The van der Waals surface area contributed by atoms with Crippen LogP contribution in [-0.2, 0) is 13.1 Å². The van der Waals surface area contributed by atoms with Crippen molar-refractivity contribution in [3.63, 3.8) is 0 Å². The van der Waals surface area contributed by atoms with Gasteiger partial charge in [-0.05, 0) is 25.0 Å². The monoisotopic (exact) mass is 280 g/mol. The van der Waals surface area contributed by atoms with Crippen molar-refractivity contribution < 1.29 is 0 Å². The lowest BCUT2D eigenvalue weighted by atomic mass is 10.2. The van der Waals surface area contributed by atoms with Crippen LogP contribution in [0.25, 0.3) is 0 Å². The summed E-state index contributed by atoms with van der Waals surface area (Å²) in [5, 5.41) is 0. The second-order valence-corrected chi connectivity index (χ2v) is 6.05. The maximum atomic E-state index is 2.60. The number of rotatable bonds is 4. The molecule has 0 aliphatic carbocycles. The van der Waals surface area contributed by atoms with Crippen LogP contribution in [0.3, 0.4) is 0 Å². The molecule has 2 aromatic rings. The molecule has 0 amide bonds. The van der Waals surface area contributed by atoms with Crippen molar-refractivity contribution >= 4 is 0 Å². The molecule has 1 fully saturated rings. The van der Waals surface area contributed by atoms with Gasteiger partial charge < -0.3 is 0 Å². The molecule has 0 aromatic heterocycles. The number of nitrogens with zero attached hydrogens (tertiary/aromatic N) is 2. The Morgan fingerprint density at radius 2 is 1.33 bits per heavy atom. The van der Waals surface area contributed by atoms with Crippen LogP contribution in [0.5, 0.6) is 0 Å². The fraction of sp³-hybridized carbons (Fsp3) is 0.368. The molecule has 1 saturated heterocycles. The molecule has 1 aliphatic rings. The molecule has 2 unspecified atom stereocenters. The highest BCUT2D eigenvalue weighted by molar-refractivity contribution is 5.16. The number of benzene rings is 2. The van der Waals surface area contributed by atoms with E-state index in [2.05, 4.69) is 84.3 Å². The lowest BCUT2D eigenvalue weighted by molar-refractivity contribution is 0.128. The molecular weight excluding hydrogens is 256 g/mol. The van der Waals surface area contributed by atoms with E-state index < -0.39 is 0 Å². The average Bonchev–Trinajstić information content (AvgIpc) is 2.77. The zero-order valence-electron chi connectivity index (χ0n) is 12.9. The van der Waals surface area contributed by atoms with Crippen LogP contribution in [0.4, 0.5) is 0 Å². The van der Waals surface area contributed by atoms with E-state index in [4.69, 9.17) is 0 Å². The van der Waals surface area contributed by atoms with E-state index in [1.165, 1.54) is 11.1 Å². The Morgan fingerprint density at radius 3 is 1.90 bits per heavy atom. The van der Waals surface area contributed by atoms with Crippen molar-refractivity contribution in [3.8, 4) is 0 Å². The highest BCUT2D eigenvalue weighted by Gasteiger charge is 2.33. The predicted octanol–water partition coefficient (Wildman–Crippen LogP) is 3.74. The summed E-state index contributed by atoms with van der Waals surface area (Å²) in [7, 11) is 0. The average molecular weight is 280 g/mol. The zero-order valence-corrected chi connectivity index (χ0v) is 12.9. The van der Waals surface area contributed by atoms with E-state index in [-0.39, 0.29) is 0 Å². The molecule has 110 valence electrons. The molecule has 21 heavy (non-hydrogen) atoms. The van der Waals surface area contributed by atoms with Crippen molar-refractivity contribution in [3.05, 3.63) is 71.8 Å². The van der Waals surface area contributed by atoms with E-state index in [1.54, 1.807) is 0 Å². The molecule has 0 saturated carbocycles. The van der Waals surface area contributed by atoms with Gasteiger partial charge in [0.1, 0.15) is 0 Å². The maximum absolute atomic E-state index is 2.60. The van der Waals surface area contributed by atoms with Crippen LogP contribution < -0.4 is 0 Å². The van der Waals surface area contributed by atoms with Crippen molar-refractivity contribution in [2.45, 2.75) is 39.1 Å². The van der Waals surface area contributed by atoms with Gasteiger partial charge in [-0.25, -0.2) is 0 Å². The fourth-order valence-corrected chi connectivity index (χ4v) is 3.27. The van der Waals surface area contributed by atoms with Gasteiger partial charge in [-0.1, -0.05) is 60.7 Å². The molecule has 2 atom stereocenters. The van der Waals surface area contributed by atoms with E-state index in [0.29, 0.717) is 12.2 Å². The summed E-state index contributed by atoms with van der Waals surface area (Å²) >= 11 is 0. The van der Waals surface area contributed by atoms with Crippen LogP contribution >= 0.6 is 0 Å². The Balaban J connectivity index is 1.67. The highest BCUT2D eigenvalue weighted by atomic mass is 15.4. The smallest absolute Gasteiger partial charge is 0.0603 e. The summed E-state index contributed by atoms with van der Waals surface area (Å²) in [6, 6.07) is 22.2. The predicted molar refractivity (Wildman–Crippen MR) is 87.8 cm³/mol. The fourth-order valence-electron chi connectivity index (χ4n) is 3.27. The standard InChI is InChI=1S/C19H24N2/c1-16-13-20(14-18-9-5-3-6-10-18)17(2)21(16)15-19-11-7-4-8-12-19/h3-12,16-17H,13-15H2,1-2H3. The molecule has 1 aliphatic heterocycles. The van der Waals surface area contributed by atoms with Crippen LogP contribution in [0.15, 0.2) is 60.7 Å². The topological polar surface area (TPSA) is 6.48 Å². The lowest BCUT2D eigenvalue weighted by Crippen LogP contribution is -2.37. The first kappa shape index (κ1) is 14.3. The van der Waals surface area contributed by atoms with E-state index >= 15 is 0 Å². The Morgan fingerprint density at radius 1 is 0.810 bits per heavy atom. The van der Waals surface area contributed by atoms with E-state index in [0.717, 1.165) is 19.6 Å².